The fraction of sp³-hybridized carbons (Fsp3) is 0.900. The minimum absolute atomic E-state index is 0.129. The maximum Gasteiger partial charge on any atom is 0.319 e. The van der Waals surface area contributed by atoms with Gasteiger partial charge in [-0.2, -0.15) is 5.48 Å². The van der Waals surface area contributed by atoms with Crippen LogP contribution in [0.25, 0.3) is 0 Å². The summed E-state index contributed by atoms with van der Waals surface area (Å²) in [7, 11) is 0. The highest BCUT2D eigenvalue weighted by molar-refractivity contribution is 5.68. The predicted octanol–water partition coefficient (Wildman–Crippen LogP) is 1.95. The van der Waals surface area contributed by atoms with Crippen LogP contribution in [-0.2, 0) is 9.63 Å². The number of hydrogen-bond acceptors (Lipinski definition) is 3. The average molecular weight is 203 g/mol. The van der Waals surface area contributed by atoms with E-state index in [4.69, 9.17) is 9.94 Å². The third kappa shape index (κ3) is 11.4. The number of hydrogen-bond donors (Lipinski definition) is 2. The van der Waals surface area contributed by atoms with Crippen LogP contribution in [0, 0.1) is 0 Å². The van der Waals surface area contributed by atoms with E-state index >= 15 is 0 Å². The molecule has 4 heteroatoms. The lowest BCUT2D eigenvalue weighted by atomic mass is 10.1. The van der Waals surface area contributed by atoms with Crippen LogP contribution < -0.4 is 5.48 Å². The molecule has 0 atom stereocenters. The summed E-state index contributed by atoms with van der Waals surface area (Å²) in [5, 5.41) is 8.27. The molecule has 0 heterocycles. The van der Waals surface area contributed by atoms with E-state index in [1.165, 1.54) is 25.7 Å². The van der Waals surface area contributed by atoms with E-state index in [1.807, 2.05) is 0 Å². The molecule has 0 saturated carbocycles. The number of carboxylic acid groups (broad SMARTS) is 1. The van der Waals surface area contributed by atoms with Gasteiger partial charge in [-0.3, -0.25) is 4.79 Å². The molecule has 0 unspecified atom stereocenters. The first-order valence-corrected chi connectivity index (χ1v) is 5.33. The molecular formula is C10H21NO3. The molecule has 0 aliphatic heterocycles. The Balaban J connectivity index is 2.88. The summed E-state index contributed by atoms with van der Waals surface area (Å²) in [6, 6.07) is 0. The predicted molar refractivity (Wildman–Crippen MR) is 55.0 cm³/mol. The molecule has 0 fully saturated rings. The van der Waals surface area contributed by atoms with E-state index in [0.29, 0.717) is 6.61 Å². The molecule has 14 heavy (non-hydrogen) atoms. The van der Waals surface area contributed by atoms with Gasteiger partial charge < -0.3 is 9.94 Å². The molecule has 0 aromatic heterocycles. The van der Waals surface area contributed by atoms with Crippen LogP contribution in [0.15, 0.2) is 0 Å². The van der Waals surface area contributed by atoms with E-state index in [0.717, 1.165) is 12.8 Å². The summed E-state index contributed by atoms with van der Waals surface area (Å²) < 4.78 is 0. The highest BCUT2D eigenvalue weighted by atomic mass is 16.6. The van der Waals surface area contributed by atoms with Gasteiger partial charge in [-0.15, -0.1) is 0 Å². The highest BCUT2D eigenvalue weighted by Gasteiger charge is 1.94. The Morgan fingerprint density at radius 1 is 1.21 bits per heavy atom. The molecule has 4 nitrogen and oxygen atoms in total. The van der Waals surface area contributed by atoms with E-state index in [9.17, 15) is 4.79 Å². The fourth-order valence-electron chi connectivity index (χ4n) is 1.14. The van der Waals surface area contributed by atoms with Crippen molar-refractivity contribution in [3.05, 3.63) is 0 Å². The highest BCUT2D eigenvalue weighted by Crippen LogP contribution is 2.04. The molecule has 0 amide bonds. The normalized spacial score (nSPS) is 10.4. The van der Waals surface area contributed by atoms with E-state index in [-0.39, 0.29) is 6.54 Å². The zero-order chi connectivity index (χ0) is 10.6. The van der Waals surface area contributed by atoms with Gasteiger partial charge in [0.15, 0.2) is 0 Å². The van der Waals surface area contributed by atoms with Crippen LogP contribution in [0.4, 0.5) is 0 Å². The topological polar surface area (TPSA) is 58.6 Å². The van der Waals surface area contributed by atoms with Gasteiger partial charge in [0, 0.05) is 0 Å². The smallest absolute Gasteiger partial charge is 0.319 e. The Labute approximate surface area is 85.6 Å². The second-order valence-corrected chi connectivity index (χ2v) is 3.33. The first-order valence-electron chi connectivity index (χ1n) is 5.33. The van der Waals surface area contributed by atoms with Gasteiger partial charge in [-0.1, -0.05) is 39.0 Å². The Morgan fingerprint density at radius 2 is 1.86 bits per heavy atom. The minimum Gasteiger partial charge on any atom is -0.480 e. The minimum atomic E-state index is -0.895. The molecule has 0 aliphatic carbocycles. The number of nitrogens with one attached hydrogen (secondary N) is 1. The van der Waals surface area contributed by atoms with Crippen molar-refractivity contribution in [2.24, 2.45) is 0 Å². The summed E-state index contributed by atoms with van der Waals surface area (Å²) in [6.45, 7) is 2.66. The van der Waals surface area contributed by atoms with Crippen molar-refractivity contribution < 1.29 is 14.7 Å². The largest absolute Gasteiger partial charge is 0.480 e. The lowest BCUT2D eigenvalue weighted by Gasteiger charge is -2.03. The van der Waals surface area contributed by atoms with Crippen molar-refractivity contribution in [3.8, 4) is 0 Å². The number of unbranched alkanes of at least 4 members (excludes halogenated alkanes) is 5. The van der Waals surface area contributed by atoms with E-state index < -0.39 is 5.97 Å². The average Bonchev–Trinajstić information content (AvgIpc) is 2.15. The lowest BCUT2D eigenvalue weighted by molar-refractivity contribution is -0.138. The molecule has 0 radical (unpaired) electrons. The zero-order valence-corrected chi connectivity index (χ0v) is 8.92. The van der Waals surface area contributed by atoms with Gasteiger partial charge >= 0.3 is 5.97 Å². The fourth-order valence-corrected chi connectivity index (χ4v) is 1.14. The van der Waals surface area contributed by atoms with Crippen LogP contribution in [0.2, 0.25) is 0 Å². The first-order chi connectivity index (χ1) is 6.77. The number of rotatable bonds is 10. The molecule has 0 aliphatic rings. The number of carboxylic acids is 1. The zero-order valence-electron chi connectivity index (χ0n) is 8.92. The number of hydroxylamine groups is 1. The van der Waals surface area contributed by atoms with Crippen LogP contribution in [0.5, 0.6) is 0 Å². The van der Waals surface area contributed by atoms with Gasteiger partial charge in [-0.25, -0.2) is 0 Å². The number of carbonyl (C=O) groups is 1. The molecule has 0 bridgehead atoms. The van der Waals surface area contributed by atoms with Gasteiger partial charge in [-0.05, 0) is 6.42 Å². The summed E-state index contributed by atoms with van der Waals surface area (Å²) in [6.07, 6.45) is 7.26. The standard InChI is InChI=1S/C10H21NO3/c1-2-3-4-5-6-7-8-14-11-9-10(12)13/h11H,2-9H2,1H3,(H,12,13). The maximum atomic E-state index is 10.1. The van der Waals surface area contributed by atoms with Gasteiger partial charge in [0.2, 0.25) is 0 Å². The Bertz CT molecular complexity index is 139. The molecule has 0 saturated heterocycles. The van der Waals surface area contributed by atoms with Crippen LogP contribution in [0.3, 0.4) is 0 Å². The second-order valence-electron chi connectivity index (χ2n) is 3.33. The van der Waals surface area contributed by atoms with Gasteiger partial charge in [0.25, 0.3) is 0 Å². The van der Waals surface area contributed by atoms with Crippen molar-refractivity contribution in [2.45, 2.75) is 45.4 Å². The molecule has 2 N–H and O–H groups in total. The summed E-state index contributed by atoms with van der Waals surface area (Å²) >= 11 is 0. The Morgan fingerprint density at radius 3 is 2.50 bits per heavy atom. The number of aliphatic carboxylic acids is 1. The van der Waals surface area contributed by atoms with Crippen LogP contribution in [0.1, 0.15) is 45.4 Å². The third-order valence-electron chi connectivity index (χ3n) is 1.93. The molecule has 0 aromatic rings. The SMILES string of the molecule is CCCCCCCCONCC(=O)O. The second kappa shape index (κ2) is 10.5. The molecule has 0 aromatic carbocycles. The van der Waals surface area contributed by atoms with Crippen molar-refractivity contribution in [1.82, 2.24) is 5.48 Å². The quantitative estimate of drug-likeness (QED) is 0.421. The van der Waals surface area contributed by atoms with Gasteiger partial charge in [0.05, 0.1) is 6.61 Å². The lowest BCUT2D eigenvalue weighted by Crippen LogP contribution is -2.23. The maximum absolute atomic E-state index is 10.1. The summed E-state index contributed by atoms with van der Waals surface area (Å²) in [5.74, 6) is -0.895. The third-order valence-corrected chi connectivity index (χ3v) is 1.93. The van der Waals surface area contributed by atoms with E-state index in [1.54, 1.807) is 0 Å². The summed E-state index contributed by atoms with van der Waals surface area (Å²) in [5.41, 5.74) is 2.39. The van der Waals surface area contributed by atoms with Crippen LogP contribution in [-0.4, -0.2) is 24.2 Å². The Kier molecular flexibility index (Phi) is 10.0. The molecule has 0 spiro atoms. The molecule has 0 rings (SSSR count). The van der Waals surface area contributed by atoms with Crippen molar-refractivity contribution in [1.29, 1.82) is 0 Å². The molecular weight excluding hydrogens is 182 g/mol. The first kappa shape index (κ1) is 13.4. The van der Waals surface area contributed by atoms with Crippen molar-refractivity contribution in [2.75, 3.05) is 13.2 Å². The monoisotopic (exact) mass is 203 g/mol. The van der Waals surface area contributed by atoms with Crippen molar-refractivity contribution in [3.63, 3.8) is 0 Å². The van der Waals surface area contributed by atoms with Gasteiger partial charge in [0.1, 0.15) is 6.54 Å². The van der Waals surface area contributed by atoms with Crippen LogP contribution >= 0.6 is 0 Å². The Hall–Kier alpha value is -0.610. The van der Waals surface area contributed by atoms with Crippen molar-refractivity contribution >= 4 is 5.97 Å². The van der Waals surface area contributed by atoms with E-state index in [2.05, 4.69) is 12.4 Å². The molecule has 84 valence electrons. The summed E-state index contributed by atoms with van der Waals surface area (Å²) in [4.78, 5) is 15.0.